The zero-order valence-electron chi connectivity index (χ0n) is 19.2. The van der Waals surface area contributed by atoms with Gasteiger partial charge in [-0.2, -0.15) is 39.5 Å². The summed E-state index contributed by atoms with van der Waals surface area (Å²) < 4.78 is 105. The van der Waals surface area contributed by atoms with Gasteiger partial charge in [-0.15, -0.1) is 0 Å². The highest BCUT2D eigenvalue weighted by Crippen LogP contribution is 2.31. The fourth-order valence-corrected chi connectivity index (χ4v) is 3.85. The van der Waals surface area contributed by atoms with Gasteiger partial charge in [0.2, 0.25) is 5.91 Å². The van der Waals surface area contributed by atoms with Crippen molar-refractivity contribution in [3.05, 3.63) is 29.8 Å². The van der Waals surface area contributed by atoms with Crippen LogP contribution in [0.25, 0.3) is 0 Å². The van der Waals surface area contributed by atoms with E-state index in [4.69, 9.17) is 0 Å². The van der Waals surface area contributed by atoms with Crippen molar-refractivity contribution in [2.45, 2.75) is 50.3 Å². The minimum atomic E-state index is -5.77. The summed E-state index contributed by atoms with van der Waals surface area (Å²) in [6, 6.07) is 5.32. The molecule has 6 nitrogen and oxygen atoms in total. The van der Waals surface area contributed by atoms with Gasteiger partial charge in [0.1, 0.15) is 0 Å². The number of amides is 1. The lowest BCUT2D eigenvalue weighted by Crippen LogP contribution is -2.50. The number of rotatable bonds is 4. The van der Waals surface area contributed by atoms with Crippen LogP contribution in [0.15, 0.2) is 24.3 Å². The van der Waals surface area contributed by atoms with E-state index in [1.165, 1.54) is 12.1 Å². The van der Waals surface area contributed by atoms with Crippen LogP contribution in [0.4, 0.5) is 45.2 Å². The molecule has 208 valence electrons. The van der Waals surface area contributed by atoms with Crippen LogP contribution in [0.1, 0.15) is 31.2 Å². The molecule has 2 aliphatic heterocycles. The predicted molar refractivity (Wildman–Crippen MR) is 113 cm³/mol. The van der Waals surface area contributed by atoms with Gasteiger partial charge in [-0.3, -0.25) is 14.4 Å². The van der Waals surface area contributed by atoms with Crippen LogP contribution in [0.2, 0.25) is 0 Å². The Morgan fingerprint density at radius 1 is 0.811 bits per heavy atom. The molecule has 2 saturated heterocycles. The number of nitrogens with zero attached hydrogens (tertiary/aromatic N) is 1. The highest BCUT2D eigenvalue weighted by atomic mass is 19.4. The first-order valence-corrected chi connectivity index (χ1v) is 11.2. The zero-order chi connectivity index (χ0) is 28.0. The smallest absolute Gasteiger partial charge is 0.369 e. The second kappa shape index (κ2) is 12.1. The molecular formula is C22H24F9N3O3. The summed E-state index contributed by atoms with van der Waals surface area (Å²) in [4.78, 5) is 33.7. The van der Waals surface area contributed by atoms with E-state index in [0.717, 1.165) is 63.1 Å². The summed E-state index contributed by atoms with van der Waals surface area (Å²) in [5, 5.41) is 6.38. The Morgan fingerprint density at radius 2 is 1.32 bits per heavy atom. The number of hydrogen-bond acceptors (Lipinski definition) is 5. The Labute approximate surface area is 205 Å². The number of nitrogens with one attached hydrogen (secondary N) is 2. The second-order valence-corrected chi connectivity index (χ2v) is 8.52. The maximum absolute atomic E-state index is 12.7. The van der Waals surface area contributed by atoms with Crippen molar-refractivity contribution in [1.82, 2.24) is 10.6 Å². The van der Waals surface area contributed by atoms with E-state index in [0.29, 0.717) is 6.54 Å². The molecule has 0 unspecified atom stereocenters. The lowest BCUT2D eigenvalue weighted by atomic mass is 9.96. The monoisotopic (exact) mass is 549 g/mol. The average Bonchev–Trinajstić information content (AvgIpc) is 2.82. The van der Waals surface area contributed by atoms with Gasteiger partial charge in [-0.05, 0) is 63.0 Å². The first kappa shape index (κ1) is 30.4. The number of carbonyl (C=O) groups is 3. The maximum Gasteiger partial charge on any atom is 0.458 e. The molecule has 15 heteroatoms. The molecule has 2 aliphatic rings. The third-order valence-electron chi connectivity index (χ3n) is 5.76. The summed E-state index contributed by atoms with van der Waals surface area (Å²) in [7, 11) is 0. The lowest BCUT2D eigenvalue weighted by molar-refractivity contribution is -0.193. The van der Waals surface area contributed by atoms with Crippen molar-refractivity contribution >= 4 is 23.2 Å². The molecule has 1 amide bonds. The van der Waals surface area contributed by atoms with E-state index < -0.39 is 35.7 Å². The van der Waals surface area contributed by atoms with Crippen molar-refractivity contribution in [3.63, 3.8) is 0 Å². The number of Topliss-reactive ketones (excluding diaryl/α,β-unsaturated/α-hetero) is 2. The van der Waals surface area contributed by atoms with Crippen molar-refractivity contribution in [2.24, 2.45) is 5.92 Å². The van der Waals surface area contributed by atoms with Gasteiger partial charge in [0.25, 0.3) is 0 Å². The molecule has 2 fully saturated rings. The number of benzene rings is 1. The van der Waals surface area contributed by atoms with E-state index in [-0.39, 0.29) is 17.9 Å². The predicted octanol–water partition coefficient (Wildman–Crippen LogP) is 4.04. The molecule has 0 saturated carbocycles. The quantitative estimate of drug-likeness (QED) is 0.438. The van der Waals surface area contributed by atoms with E-state index in [1.807, 2.05) is 0 Å². The normalized spacial score (nSPS) is 19.5. The lowest BCUT2D eigenvalue weighted by Gasteiger charge is -2.36. The first-order valence-electron chi connectivity index (χ1n) is 11.2. The second-order valence-electron chi connectivity index (χ2n) is 8.52. The Bertz CT molecular complexity index is 914. The van der Waals surface area contributed by atoms with Crippen molar-refractivity contribution in [2.75, 3.05) is 31.1 Å². The summed E-state index contributed by atoms with van der Waals surface area (Å²) in [6.45, 7) is 3.19. The molecule has 1 atom stereocenters. The molecule has 1 aromatic rings. The van der Waals surface area contributed by atoms with Crippen molar-refractivity contribution < 1.29 is 53.9 Å². The van der Waals surface area contributed by atoms with Gasteiger partial charge in [-0.1, -0.05) is 0 Å². The minimum absolute atomic E-state index is 0.0541. The number of piperidine rings is 2. The highest BCUT2D eigenvalue weighted by molar-refractivity contribution is 6.41. The average molecular weight is 549 g/mol. The molecule has 0 aromatic heterocycles. The number of halogens is 9. The van der Waals surface area contributed by atoms with Gasteiger partial charge >= 0.3 is 30.1 Å². The number of ketones is 2. The summed E-state index contributed by atoms with van der Waals surface area (Å²) in [5.74, 6) is -6.63. The third kappa shape index (κ3) is 9.20. The van der Waals surface area contributed by atoms with Crippen molar-refractivity contribution in [1.29, 1.82) is 0 Å². The Kier molecular flexibility index (Phi) is 9.97. The van der Waals surface area contributed by atoms with Gasteiger partial charge in [-0.25, -0.2) is 0 Å². The van der Waals surface area contributed by atoms with E-state index in [9.17, 15) is 53.9 Å². The van der Waals surface area contributed by atoms with Crippen LogP contribution in [0.5, 0.6) is 0 Å². The molecular weight excluding hydrogens is 525 g/mol. The fourth-order valence-electron chi connectivity index (χ4n) is 3.85. The van der Waals surface area contributed by atoms with Gasteiger partial charge < -0.3 is 15.5 Å². The number of alkyl halides is 9. The molecule has 2 N–H and O–H groups in total. The molecule has 0 radical (unpaired) electrons. The van der Waals surface area contributed by atoms with Crippen LogP contribution in [-0.2, 0) is 20.6 Å². The van der Waals surface area contributed by atoms with Crippen LogP contribution in [0, 0.1) is 5.92 Å². The SMILES string of the molecule is O=C(C(=O)C(F)(F)F)C(F)(F)F.O=C(N[C@@H]1CCCN(c2ccc(C(F)(F)F)cc2)C1)C1CCNCC1. The third-order valence-corrected chi connectivity index (χ3v) is 5.76. The van der Waals surface area contributed by atoms with Crippen LogP contribution in [0.3, 0.4) is 0 Å². The van der Waals surface area contributed by atoms with Gasteiger partial charge in [0, 0.05) is 30.7 Å². The molecule has 0 aliphatic carbocycles. The molecule has 3 rings (SSSR count). The number of hydrogen-bond donors (Lipinski definition) is 2. The summed E-state index contributed by atoms with van der Waals surface area (Å²) in [5.41, 5.74) is 0.137. The standard InChI is InChI=1S/C18H24F3N3O.C4F6O2/c19-18(20,21)14-3-5-16(6-4-14)24-11-1-2-15(12-24)23-17(25)13-7-9-22-10-8-13;5-3(6,7)1(11)2(12)4(8,9)10/h3-6,13,15,22H,1-2,7-12H2,(H,23,25);/t15-;/m1./s1. The first-order chi connectivity index (χ1) is 17.0. The van der Waals surface area contributed by atoms with E-state index in [2.05, 4.69) is 15.5 Å². The molecule has 0 bridgehead atoms. The molecule has 1 aromatic carbocycles. The van der Waals surface area contributed by atoms with E-state index >= 15 is 0 Å². The summed E-state index contributed by atoms with van der Waals surface area (Å²) in [6.07, 6.45) is -12.3. The van der Waals surface area contributed by atoms with E-state index in [1.54, 1.807) is 0 Å². The molecule has 37 heavy (non-hydrogen) atoms. The van der Waals surface area contributed by atoms with Crippen molar-refractivity contribution in [3.8, 4) is 0 Å². The Morgan fingerprint density at radius 3 is 1.78 bits per heavy atom. The van der Waals surface area contributed by atoms with Gasteiger partial charge in [0.05, 0.1) is 5.56 Å². The fraction of sp³-hybridized carbons (Fsp3) is 0.591. The van der Waals surface area contributed by atoms with Gasteiger partial charge in [0.15, 0.2) is 0 Å². The number of anilines is 1. The highest BCUT2D eigenvalue weighted by Gasteiger charge is 2.54. The van der Waals surface area contributed by atoms with Crippen LogP contribution < -0.4 is 15.5 Å². The maximum atomic E-state index is 12.7. The Balaban J connectivity index is 0.000000341. The largest absolute Gasteiger partial charge is 0.458 e. The Hall–Kier alpha value is -2.84. The zero-order valence-corrected chi connectivity index (χ0v) is 19.2. The minimum Gasteiger partial charge on any atom is -0.369 e. The molecule has 2 heterocycles. The molecule has 0 spiro atoms. The summed E-state index contributed by atoms with van der Waals surface area (Å²) >= 11 is 0. The topological polar surface area (TPSA) is 78.5 Å². The van der Waals surface area contributed by atoms with Crippen LogP contribution >= 0.6 is 0 Å². The number of carbonyl (C=O) groups excluding carboxylic acids is 3. The van der Waals surface area contributed by atoms with Crippen LogP contribution in [-0.4, -0.2) is 62.0 Å².